The molecule has 0 aliphatic carbocycles. The Bertz CT molecular complexity index is 91.6. The molecule has 1 radical (unpaired) electrons. The van der Waals surface area contributed by atoms with Crippen molar-refractivity contribution in [2.45, 2.75) is 14.5 Å². The van der Waals surface area contributed by atoms with Gasteiger partial charge in [0.1, 0.15) is 0 Å². The van der Waals surface area contributed by atoms with Crippen LogP contribution in [-0.2, 0) is 0 Å². The number of alkyl halides is 5. The predicted octanol–water partition coefficient (Wildman–Crippen LogP) is 3.75. The highest BCUT2D eigenvalue weighted by atomic mass is 35.6. The quantitative estimate of drug-likeness (QED) is 0.601. The minimum atomic E-state index is -1.67. The maximum absolute atomic E-state index is 5.50. The molecule has 0 spiro atoms. The van der Waals surface area contributed by atoms with Gasteiger partial charge in [0.2, 0.25) is 3.79 Å². The van der Waals surface area contributed by atoms with Gasteiger partial charge in [0.15, 0.2) is 4.33 Å². The zero-order valence-corrected chi connectivity index (χ0v) is 8.08. The van der Waals surface area contributed by atoms with Crippen LogP contribution in [0.3, 0.4) is 0 Å². The third-order valence-electron chi connectivity index (χ3n) is 0.729. The number of rotatable bonds is 1. The lowest BCUT2D eigenvalue weighted by molar-refractivity contribution is 0.807. The number of hydrogen-bond acceptors (Lipinski definition) is 0. The van der Waals surface area contributed by atoms with Crippen LogP contribution in [0.2, 0.25) is 0 Å². The summed E-state index contributed by atoms with van der Waals surface area (Å²) in [7, 11) is 0. The molecule has 0 amide bonds. The molecule has 0 aliphatic heterocycles. The second-order valence-corrected chi connectivity index (χ2v) is 5.22. The van der Waals surface area contributed by atoms with Crippen LogP contribution >= 0.6 is 58.0 Å². The molecule has 0 aromatic rings. The highest BCUT2D eigenvalue weighted by Gasteiger charge is 2.43. The van der Waals surface area contributed by atoms with Crippen molar-refractivity contribution >= 4 is 58.0 Å². The molecule has 0 N–H and O–H groups in total. The van der Waals surface area contributed by atoms with E-state index in [2.05, 4.69) is 6.92 Å². The summed E-state index contributed by atoms with van der Waals surface area (Å²) in [5.41, 5.74) is 0. The molecule has 0 unspecified atom stereocenters. The van der Waals surface area contributed by atoms with E-state index in [9.17, 15) is 0 Å². The van der Waals surface area contributed by atoms with Gasteiger partial charge in [-0.2, -0.15) is 0 Å². The molecular weight excluding hydrogens is 225 g/mol. The highest BCUT2D eigenvalue weighted by Crippen LogP contribution is 2.47. The molecule has 0 rings (SSSR count). The fourth-order valence-corrected chi connectivity index (χ4v) is 0.425. The van der Waals surface area contributed by atoms with Crippen molar-refractivity contribution in [3.05, 3.63) is 6.92 Å². The number of halogens is 5. The Kier molecular flexibility index (Phi) is 3.75. The van der Waals surface area contributed by atoms with E-state index in [0.29, 0.717) is 0 Å². The molecule has 0 heterocycles. The zero-order chi connectivity index (χ0) is 7.71. The van der Waals surface area contributed by atoms with Crippen LogP contribution in [0.1, 0.15) is 6.42 Å². The Morgan fingerprint density at radius 3 is 1.33 bits per heavy atom. The molecule has 0 aromatic heterocycles. The summed E-state index contributed by atoms with van der Waals surface area (Å²) in [4.78, 5) is 0. The minimum Gasteiger partial charge on any atom is -0.0969 e. The molecule has 0 fully saturated rings. The van der Waals surface area contributed by atoms with Gasteiger partial charge in [0.05, 0.1) is 0 Å². The van der Waals surface area contributed by atoms with Gasteiger partial charge in [0, 0.05) is 0 Å². The standard InChI is InChI=1S/C4H4Cl5/c1-2-3(5,6)4(7,8)9/h1-2H2. The molecule has 0 nitrogen and oxygen atoms in total. The van der Waals surface area contributed by atoms with Gasteiger partial charge in [-0.1, -0.05) is 64.9 Å². The average molecular weight is 229 g/mol. The van der Waals surface area contributed by atoms with Crippen molar-refractivity contribution < 1.29 is 0 Å². The first-order valence-corrected chi connectivity index (χ1v) is 3.94. The van der Waals surface area contributed by atoms with Gasteiger partial charge < -0.3 is 0 Å². The molecule has 9 heavy (non-hydrogen) atoms. The molecular formula is C4H4Cl5. The molecule has 0 saturated heterocycles. The van der Waals surface area contributed by atoms with Crippen LogP contribution in [0.15, 0.2) is 0 Å². The van der Waals surface area contributed by atoms with E-state index < -0.39 is 8.13 Å². The summed E-state index contributed by atoms with van der Waals surface area (Å²) in [6.07, 6.45) is 0.145. The van der Waals surface area contributed by atoms with Gasteiger partial charge in [0.25, 0.3) is 0 Å². The fraction of sp³-hybridized carbons (Fsp3) is 0.750. The lowest BCUT2D eigenvalue weighted by atomic mass is 10.3. The fourth-order valence-electron chi connectivity index (χ4n) is 0.142. The molecule has 0 saturated carbocycles. The van der Waals surface area contributed by atoms with Crippen molar-refractivity contribution in [1.29, 1.82) is 0 Å². The Labute approximate surface area is 79.4 Å². The van der Waals surface area contributed by atoms with Gasteiger partial charge in [-0.15, -0.1) is 0 Å². The largest absolute Gasteiger partial charge is 0.223 e. The highest BCUT2D eigenvalue weighted by molar-refractivity contribution is 6.75. The normalized spacial score (nSPS) is 14.0. The van der Waals surface area contributed by atoms with Crippen LogP contribution < -0.4 is 0 Å². The van der Waals surface area contributed by atoms with E-state index >= 15 is 0 Å². The van der Waals surface area contributed by atoms with E-state index in [1.54, 1.807) is 0 Å². The summed E-state index contributed by atoms with van der Waals surface area (Å²) < 4.78 is -3.06. The Hall–Kier alpha value is 1.45. The SMILES string of the molecule is [CH2]CC(Cl)(Cl)C(Cl)(Cl)Cl. The minimum absolute atomic E-state index is 0.145. The van der Waals surface area contributed by atoms with E-state index in [4.69, 9.17) is 58.0 Å². The average Bonchev–Trinajstić information content (AvgIpc) is 1.64. The van der Waals surface area contributed by atoms with Gasteiger partial charge in [-0.25, -0.2) is 0 Å². The third-order valence-corrected chi connectivity index (χ3v) is 3.22. The summed E-state index contributed by atoms with van der Waals surface area (Å²) in [5.74, 6) is 0. The van der Waals surface area contributed by atoms with Crippen molar-refractivity contribution in [1.82, 2.24) is 0 Å². The van der Waals surface area contributed by atoms with Gasteiger partial charge in [-0.05, 0) is 6.42 Å². The monoisotopic (exact) mass is 227 g/mol. The summed E-state index contributed by atoms with van der Waals surface area (Å²) in [6.45, 7) is 3.41. The molecule has 55 valence electrons. The Morgan fingerprint density at radius 2 is 1.33 bits per heavy atom. The first-order valence-electron chi connectivity index (χ1n) is 2.05. The second kappa shape index (κ2) is 3.23. The molecule has 0 atom stereocenters. The molecule has 0 aromatic carbocycles. The summed E-state index contributed by atoms with van der Waals surface area (Å²) >= 11 is 27.1. The van der Waals surface area contributed by atoms with Crippen LogP contribution in [-0.4, -0.2) is 8.13 Å². The van der Waals surface area contributed by atoms with Crippen molar-refractivity contribution in [2.24, 2.45) is 0 Å². The first-order chi connectivity index (χ1) is 3.81. The van der Waals surface area contributed by atoms with Crippen LogP contribution in [0.4, 0.5) is 0 Å². The van der Waals surface area contributed by atoms with E-state index in [-0.39, 0.29) is 6.42 Å². The van der Waals surface area contributed by atoms with Crippen molar-refractivity contribution in [2.75, 3.05) is 0 Å². The second-order valence-electron chi connectivity index (χ2n) is 1.45. The lowest BCUT2D eigenvalue weighted by Gasteiger charge is -2.25. The van der Waals surface area contributed by atoms with Gasteiger partial charge in [-0.3, -0.25) is 0 Å². The van der Waals surface area contributed by atoms with E-state index in [0.717, 1.165) is 0 Å². The Morgan fingerprint density at radius 1 is 1.00 bits per heavy atom. The van der Waals surface area contributed by atoms with Gasteiger partial charge >= 0.3 is 0 Å². The van der Waals surface area contributed by atoms with Crippen molar-refractivity contribution in [3.8, 4) is 0 Å². The topological polar surface area (TPSA) is 0 Å². The van der Waals surface area contributed by atoms with Crippen molar-refractivity contribution in [3.63, 3.8) is 0 Å². The number of hydrogen-bond donors (Lipinski definition) is 0. The maximum atomic E-state index is 5.50. The maximum Gasteiger partial charge on any atom is 0.223 e. The van der Waals surface area contributed by atoms with Crippen LogP contribution in [0, 0.1) is 6.92 Å². The van der Waals surface area contributed by atoms with E-state index in [1.807, 2.05) is 0 Å². The third kappa shape index (κ3) is 2.90. The molecule has 0 aliphatic rings. The summed E-state index contributed by atoms with van der Waals surface area (Å²) in [6, 6.07) is 0. The summed E-state index contributed by atoms with van der Waals surface area (Å²) in [5, 5.41) is 0. The smallest absolute Gasteiger partial charge is 0.0969 e. The van der Waals surface area contributed by atoms with E-state index in [1.165, 1.54) is 0 Å². The lowest BCUT2D eigenvalue weighted by Crippen LogP contribution is -2.29. The van der Waals surface area contributed by atoms with Crippen LogP contribution in [0.25, 0.3) is 0 Å². The van der Waals surface area contributed by atoms with Crippen LogP contribution in [0.5, 0.6) is 0 Å². The zero-order valence-electron chi connectivity index (χ0n) is 4.30. The molecule has 0 bridgehead atoms. The Balaban J connectivity index is 4.14. The predicted molar refractivity (Wildman–Crippen MR) is 44.7 cm³/mol. The molecule has 5 heteroatoms. The first kappa shape index (κ1) is 10.4.